The maximum Gasteiger partial charge on any atom is 0.341 e. The van der Waals surface area contributed by atoms with Gasteiger partial charge in [0.25, 0.3) is 5.91 Å². The van der Waals surface area contributed by atoms with Crippen molar-refractivity contribution in [1.29, 1.82) is 0 Å². The number of thiophene rings is 1. The minimum Gasteiger partial charge on any atom is -0.465 e. The molecule has 1 aromatic heterocycles. The van der Waals surface area contributed by atoms with E-state index in [-0.39, 0.29) is 17.3 Å². The number of anilines is 1. The fraction of sp³-hybridized carbons (Fsp3) is 0.500. The molecule has 1 aromatic carbocycles. The second-order valence-electron chi connectivity index (χ2n) is 9.24. The van der Waals surface area contributed by atoms with Crippen molar-refractivity contribution in [3.8, 4) is 0 Å². The summed E-state index contributed by atoms with van der Waals surface area (Å²) >= 11 is 1.52. The SMILES string of the molecule is COC(=O)c1c(NC(=O)c2ccc(C(C)C)cc2)sc2c1CCC(C(C)(C)C)C2. The molecule has 156 valence electrons. The summed E-state index contributed by atoms with van der Waals surface area (Å²) in [7, 11) is 1.39. The summed E-state index contributed by atoms with van der Waals surface area (Å²) in [4.78, 5) is 26.6. The molecule has 3 rings (SSSR count). The van der Waals surface area contributed by atoms with Crippen molar-refractivity contribution in [2.75, 3.05) is 12.4 Å². The lowest BCUT2D eigenvalue weighted by molar-refractivity contribution is 0.0600. The number of carbonyl (C=O) groups excluding carboxylic acids is 2. The van der Waals surface area contributed by atoms with Crippen molar-refractivity contribution in [2.45, 2.75) is 59.8 Å². The van der Waals surface area contributed by atoms with Gasteiger partial charge in [0.2, 0.25) is 0 Å². The molecule has 1 N–H and O–H groups in total. The van der Waals surface area contributed by atoms with Crippen LogP contribution in [0.5, 0.6) is 0 Å². The van der Waals surface area contributed by atoms with Gasteiger partial charge < -0.3 is 10.1 Å². The molecule has 1 amide bonds. The number of hydrogen-bond acceptors (Lipinski definition) is 4. The molecule has 1 unspecified atom stereocenters. The van der Waals surface area contributed by atoms with Crippen LogP contribution < -0.4 is 5.32 Å². The van der Waals surface area contributed by atoms with Crippen LogP contribution in [0.4, 0.5) is 5.00 Å². The number of ether oxygens (including phenoxy) is 1. The second kappa shape index (κ2) is 8.31. The summed E-state index contributed by atoms with van der Waals surface area (Å²) in [6.45, 7) is 11.0. The quantitative estimate of drug-likeness (QED) is 0.620. The van der Waals surface area contributed by atoms with Crippen LogP contribution >= 0.6 is 11.3 Å². The van der Waals surface area contributed by atoms with E-state index >= 15 is 0 Å². The van der Waals surface area contributed by atoms with Crippen molar-refractivity contribution >= 4 is 28.2 Å². The van der Waals surface area contributed by atoms with E-state index in [0.717, 1.165) is 24.8 Å². The van der Waals surface area contributed by atoms with Gasteiger partial charge in [0.1, 0.15) is 5.00 Å². The maximum atomic E-state index is 12.8. The van der Waals surface area contributed by atoms with Crippen LogP contribution in [0, 0.1) is 11.3 Å². The first-order valence-electron chi connectivity index (χ1n) is 10.3. The second-order valence-corrected chi connectivity index (χ2v) is 10.3. The lowest BCUT2D eigenvalue weighted by Crippen LogP contribution is -2.26. The Balaban J connectivity index is 1.90. The van der Waals surface area contributed by atoms with Gasteiger partial charge in [-0.3, -0.25) is 4.79 Å². The molecule has 29 heavy (non-hydrogen) atoms. The van der Waals surface area contributed by atoms with Gasteiger partial charge in [-0.25, -0.2) is 4.79 Å². The Morgan fingerprint density at radius 2 is 1.83 bits per heavy atom. The summed E-state index contributed by atoms with van der Waals surface area (Å²) in [6, 6.07) is 7.64. The highest BCUT2D eigenvalue weighted by Gasteiger charge is 2.34. The third-order valence-corrected chi connectivity index (χ3v) is 7.12. The summed E-state index contributed by atoms with van der Waals surface area (Å²) in [6.07, 6.45) is 2.82. The summed E-state index contributed by atoms with van der Waals surface area (Å²) < 4.78 is 5.04. The number of hydrogen-bond donors (Lipinski definition) is 1. The minimum atomic E-state index is -0.373. The number of esters is 1. The van der Waals surface area contributed by atoms with E-state index in [1.807, 2.05) is 24.3 Å². The van der Waals surface area contributed by atoms with Gasteiger partial charge in [-0.2, -0.15) is 0 Å². The van der Waals surface area contributed by atoms with E-state index in [2.05, 4.69) is 39.9 Å². The van der Waals surface area contributed by atoms with Gasteiger partial charge in [-0.05, 0) is 59.8 Å². The van der Waals surface area contributed by atoms with Crippen molar-refractivity contribution in [3.63, 3.8) is 0 Å². The zero-order valence-corrected chi connectivity index (χ0v) is 19.0. The predicted octanol–water partition coefficient (Wildman–Crippen LogP) is 6.06. The zero-order valence-electron chi connectivity index (χ0n) is 18.2. The fourth-order valence-electron chi connectivity index (χ4n) is 3.93. The molecule has 1 aliphatic rings. The molecule has 0 fully saturated rings. The van der Waals surface area contributed by atoms with Gasteiger partial charge in [0.05, 0.1) is 12.7 Å². The van der Waals surface area contributed by atoms with Crippen LogP contribution in [0.2, 0.25) is 0 Å². The number of amides is 1. The molecular formula is C24H31NO3S. The standard InChI is InChI=1S/C24H31NO3S/c1-14(2)15-7-9-16(10-8-15)21(26)25-22-20(23(27)28-6)18-12-11-17(24(3,4)5)13-19(18)29-22/h7-10,14,17H,11-13H2,1-6H3,(H,25,26). The number of benzene rings is 1. The molecule has 1 heterocycles. The van der Waals surface area contributed by atoms with Gasteiger partial charge in [-0.15, -0.1) is 11.3 Å². The first kappa shape index (κ1) is 21.6. The van der Waals surface area contributed by atoms with Gasteiger partial charge in [0, 0.05) is 10.4 Å². The largest absolute Gasteiger partial charge is 0.465 e. The highest BCUT2D eigenvalue weighted by Crippen LogP contribution is 2.44. The molecule has 5 heteroatoms. The van der Waals surface area contributed by atoms with Crippen LogP contribution in [-0.2, 0) is 17.6 Å². The number of rotatable bonds is 4. The van der Waals surface area contributed by atoms with Crippen LogP contribution in [0.15, 0.2) is 24.3 Å². The van der Waals surface area contributed by atoms with E-state index in [0.29, 0.717) is 28.0 Å². The van der Waals surface area contributed by atoms with E-state index < -0.39 is 0 Å². The Labute approximate surface area is 177 Å². The van der Waals surface area contributed by atoms with Gasteiger partial charge >= 0.3 is 5.97 Å². The Morgan fingerprint density at radius 1 is 1.17 bits per heavy atom. The van der Waals surface area contributed by atoms with E-state index in [4.69, 9.17) is 4.74 Å². The Kier molecular flexibility index (Phi) is 6.18. The molecule has 4 nitrogen and oxygen atoms in total. The third-order valence-electron chi connectivity index (χ3n) is 5.95. The molecule has 0 bridgehead atoms. The average molecular weight is 414 g/mol. The third kappa shape index (κ3) is 4.55. The number of nitrogens with one attached hydrogen (secondary N) is 1. The van der Waals surface area contributed by atoms with Crippen molar-refractivity contribution in [3.05, 3.63) is 51.4 Å². The number of methoxy groups -OCH3 is 1. The van der Waals surface area contributed by atoms with Crippen LogP contribution in [0.25, 0.3) is 0 Å². The zero-order chi connectivity index (χ0) is 21.3. The Hall–Kier alpha value is -2.14. The average Bonchev–Trinajstić information content (AvgIpc) is 3.03. The summed E-state index contributed by atoms with van der Waals surface area (Å²) in [5.74, 6) is 0.405. The van der Waals surface area contributed by atoms with Crippen LogP contribution in [0.1, 0.15) is 83.7 Å². The monoisotopic (exact) mass is 413 g/mol. The molecule has 2 aromatic rings. The first-order valence-corrected chi connectivity index (χ1v) is 11.1. The van der Waals surface area contributed by atoms with Crippen molar-refractivity contribution in [1.82, 2.24) is 0 Å². The highest BCUT2D eigenvalue weighted by molar-refractivity contribution is 7.17. The van der Waals surface area contributed by atoms with Crippen molar-refractivity contribution in [2.24, 2.45) is 11.3 Å². The molecule has 0 spiro atoms. The maximum absolute atomic E-state index is 12.8. The lowest BCUT2D eigenvalue weighted by atomic mass is 9.72. The first-order chi connectivity index (χ1) is 13.6. The minimum absolute atomic E-state index is 0.198. The molecule has 0 radical (unpaired) electrons. The molecule has 0 saturated carbocycles. The van der Waals surface area contributed by atoms with Gasteiger partial charge in [-0.1, -0.05) is 46.8 Å². The fourth-order valence-corrected chi connectivity index (χ4v) is 5.24. The Morgan fingerprint density at radius 3 is 2.38 bits per heavy atom. The lowest BCUT2D eigenvalue weighted by Gasteiger charge is -2.33. The van der Waals surface area contributed by atoms with E-state index in [1.165, 1.54) is 28.9 Å². The van der Waals surface area contributed by atoms with Crippen LogP contribution in [0.3, 0.4) is 0 Å². The predicted molar refractivity (Wildman–Crippen MR) is 119 cm³/mol. The topological polar surface area (TPSA) is 55.4 Å². The normalized spacial score (nSPS) is 16.4. The molecule has 0 aliphatic heterocycles. The number of carbonyl (C=O) groups is 2. The van der Waals surface area contributed by atoms with E-state index in [9.17, 15) is 9.59 Å². The summed E-state index contributed by atoms with van der Waals surface area (Å²) in [5.41, 5.74) is 3.58. The molecular weight excluding hydrogens is 382 g/mol. The smallest absolute Gasteiger partial charge is 0.341 e. The highest BCUT2D eigenvalue weighted by atomic mass is 32.1. The Bertz CT molecular complexity index is 903. The molecule has 1 aliphatic carbocycles. The van der Waals surface area contributed by atoms with Crippen LogP contribution in [-0.4, -0.2) is 19.0 Å². The molecule has 0 saturated heterocycles. The number of fused-ring (bicyclic) bond motifs is 1. The summed E-state index contributed by atoms with van der Waals surface area (Å²) in [5, 5.41) is 3.59. The van der Waals surface area contributed by atoms with Gasteiger partial charge in [0.15, 0.2) is 0 Å². The molecule has 1 atom stereocenters. The van der Waals surface area contributed by atoms with Crippen molar-refractivity contribution < 1.29 is 14.3 Å². The van der Waals surface area contributed by atoms with E-state index in [1.54, 1.807) is 0 Å².